The molecule has 0 saturated carbocycles. The average Bonchev–Trinajstić information content (AvgIpc) is 2.17. The lowest BCUT2D eigenvalue weighted by Crippen LogP contribution is -2.30. The highest BCUT2D eigenvalue weighted by Gasteiger charge is 2.08. The van der Waals surface area contributed by atoms with Gasteiger partial charge in [-0.05, 0) is 51.4 Å². The van der Waals surface area contributed by atoms with E-state index in [0.29, 0.717) is 6.04 Å². The van der Waals surface area contributed by atoms with E-state index in [-0.39, 0.29) is 6.10 Å². The van der Waals surface area contributed by atoms with Crippen molar-refractivity contribution in [3.8, 4) is 5.75 Å². The second-order valence-corrected chi connectivity index (χ2v) is 4.44. The Balaban J connectivity index is 2.42. The number of nitrogens with one attached hydrogen (secondary N) is 1. The second-order valence-electron chi connectivity index (χ2n) is 4.44. The minimum absolute atomic E-state index is 0.246. The van der Waals surface area contributed by atoms with Crippen LogP contribution >= 0.6 is 0 Å². The van der Waals surface area contributed by atoms with Gasteiger partial charge in [0.25, 0.3) is 0 Å². The van der Waals surface area contributed by atoms with Crippen molar-refractivity contribution < 1.29 is 4.74 Å². The van der Waals surface area contributed by atoms with Gasteiger partial charge in [0.1, 0.15) is 5.75 Å². The molecule has 0 aliphatic carbocycles. The molecule has 2 heteroatoms. The molecular weight excluding hydrogens is 198 g/mol. The number of rotatable bonds is 6. The third kappa shape index (κ3) is 4.67. The lowest BCUT2D eigenvalue weighted by Gasteiger charge is -2.19. The summed E-state index contributed by atoms with van der Waals surface area (Å²) in [6.07, 6.45) is 1.28. The largest absolute Gasteiger partial charge is 0.491 e. The second kappa shape index (κ2) is 6.54. The minimum atomic E-state index is 0.246. The van der Waals surface area contributed by atoms with Gasteiger partial charge in [-0.2, -0.15) is 0 Å². The molecule has 0 bridgehead atoms. The molecule has 0 amide bonds. The van der Waals surface area contributed by atoms with Crippen molar-refractivity contribution in [2.75, 3.05) is 6.54 Å². The summed E-state index contributed by atoms with van der Waals surface area (Å²) in [7, 11) is 0. The zero-order valence-electron chi connectivity index (χ0n) is 10.8. The normalized spacial score (nSPS) is 14.5. The molecule has 0 radical (unpaired) electrons. The molecule has 0 aliphatic rings. The van der Waals surface area contributed by atoms with Crippen LogP contribution < -0.4 is 10.1 Å². The van der Waals surface area contributed by atoms with Crippen molar-refractivity contribution in [2.24, 2.45) is 0 Å². The summed E-state index contributed by atoms with van der Waals surface area (Å²) in [5.41, 5.74) is 1.24. The Kier molecular flexibility index (Phi) is 5.33. The van der Waals surface area contributed by atoms with Gasteiger partial charge in [-0.3, -0.25) is 0 Å². The predicted octanol–water partition coefficient (Wildman–Crippen LogP) is 3.15. The van der Waals surface area contributed by atoms with E-state index >= 15 is 0 Å². The first-order chi connectivity index (χ1) is 7.61. The number of aryl methyl sites for hydroxylation is 1. The Morgan fingerprint density at radius 2 is 2.06 bits per heavy atom. The smallest absolute Gasteiger partial charge is 0.119 e. The van der Waals surface area contributed by atoms with Crippen LogP contribution in [0.1, 0.15) is 32.8 Å². The number of hydrogen-bond donors (Lipinski definition) is 1. The van der Waals surface area contributed by atoms with Gasteiger partial charge < -0.3 is 10.1 Å². The van der Waals surface area contributed by atoms with E-state index in [1.807, 2.05) is 12.1 Å². The van der Waals surface area contributed by atoms with Crippen LogP contribution in [0.25, 0.3) is 0 Å². The minimum Gasteiger partial charge on any atom is -0.491 e. The summed E-state index contributed by atoms with van der Waals surface area (Å²) in [5.74, 6) is 0.969. The first-order valence-electron chi connectivity index (χ1n) is 6.08. The molecule has 2 unspecified atom stereocenters. The summed E-state index contributed by atoms with van der Waals surface area (Å²) in [4.78, 5) is 0. The molecule has 2 nitrogen and oxygen atoms in total. The molecule has 0 spiro atoms. The molecule has 16 heavy (non-hydrogen) atoms. The fraction of sp³-hybridized carbons (Fsp3) is 0.571. The summed E-state index contributed by atoms with van der Waals surface area (Å²) in [6.45, 7) is 9.54. The van der Waals surface area contributed by atoms with Crippen LogP contribution in [-0.2, 0) is 0 Å². The molecule has 1 rings (SSSR count). The van der Waals surface area contributed by atoms with Crippen molar-refractivity contribution in [3.63, 3.8) is 0 Å². The summed E-state index contributed by atoms with van der Waals surface area (Å²) in [5, 5.41) is 3.39. The molecular formula is C14H23NO. The van der Waals surface area contributed by atoms with Gasteiger partial charge in [0.2, 0.25) is 0 Å². The maximum Gasteiger partial charge on any atom is 0.119 e. The highest BCUT2D eigenvalue weighted by molar-refractivity contribution is 5.27. The van der Waals surface area contributed by atoms with Crippen molar-refractivity contribution >= 4 is 0 Å². The van der Waals surface area contributed by atoms with Crippen molar-refractivity contribution in [3.05, 3.63) is 29.8 Å². The third-order valence-electron chi connectivity index (χ3n) is 2.56. The van der Waals surface area contributed by atoms with Gasteiger partial charge in [0.15, 0.2) is 0 Å². The molecule has 2 atom stereocenters. The van der Waals surface area contributed by atoms with E-state index < -0.39 is 0 Å². The first kappa shape index (κ1) is 13.0. The van der Waals surface area contributed by atoms with Gasteiger partial charge in [-0.15, -0.1) is 0 Å². The molecule has 90 valence electrons. The van der Waals surface area contributed by atoms with E-state index in [2.05, 4.69) is 45.1 Å². The van der Waals surface area contributed by atoms with E-state index in [0.717, 1.165) is 18.7 Å². The lowest BCUT2D eigenvalue weighted by molar-refractivity contribution is 0.196. The Labute approximate surface area is 99.0 Å². The van der Waals surface area contributed by atoms with Crippen LogP contribution in [0.2, 0.25) is 0 Å². The van der Waals surface area contributed by atoms with Crippen LogP contribution in [-0.4, -0.2) is 18.7 Å². The molecule has 0 aromatic heterocycles. The predicted molar refractivity (Wildman–Crippen MR) is 69.0 cm³/mol. The maximum absolute atomic E-state index is 5.87. The van der Waals surface area contributed by atoms with E-state index in [9.17, 15) is 0 Å². The van der Waals surface area contributed by atoms with Crippen molar-refractivity contribution in [1.82, 2.24) is 5.32 Å². The van der Waals surface area contributed by atoms with Crippen LogP contribution in [0.3, 0.4) is 0 Å². The zero-order chi connectivity index (χ0) is 12.0. The SMILES string of the molecule is CCNC(C)CC(C)Oc1cccc(C)c1. The van der Waals surface area contributed by atoms with Crippen LogP contribution in [0.15, 0.2) is 24.3 Å². The van der Waals surface area contributed by atoms with E-state index in [4.69, 9.17) is 4.74 Å². The Hall–Kier alpha value is -1.02. The van der Waals surface area contributed by atoms with Gasteiger partial charge in [-0.1, -0.05) is 19.1 Å². The monoisotopic (exact) mass is 221 g/mol. The highest BCUT2D eigenvalue weighted by atomic mass is 16.5. The molecule has 0 saturated heterocycles. The van der Waals surface area contributed by atoms with Crippen LogP contribution in [0.4, 0.5) is 0 Å². The molecule has 0 fully saturated rings. The Morgan fingerprint density at radius 3 is 2.69 bits per heavy atom. The molecule has 1 N–H and O–H groups in total. The highest BCUT2D eigenvalue weighted by Crippen LogP contribution is 2.15. The van der Waals surface area contributed by atoms with E-state index in [1.54, 1.807) is 0 Å². The molecule has 0 aliphatic heterocycles. The molecule has 1 aromatic carbocycles. The topological polar surface area (TPSA) is 21.3 Å². The zero-order valence-corrected chi connectivity index (χ0v) is 10.8. The number of ether oxygens (including phenoxy) is 1. The quantitative estimate of drug-likeness (QED) is 0.796. The summed E-state index contributed by atoms with van der Waals surface area (Å²) in [6, 6.07) is 8.71. The molecule has 1 aromatic rings. The van der Waals surface area contributed by atoms with Gasteiger partial charge in [-0.25, -0.2) is 0 Å². The molecule has 0 heterocycles. The third-order valence-corrected chi connectivity index (χ3v) is 2.56. The van der Waals surface area contributed by atoms with Crippen LogP contribution in [0, 0.1) is 6.92 Å². The lowest BCUT2D eigenvalue weighted by atomic mass is 10.1. The standard InChI is InChI=1S/C14H23NO/c1-5-15-12(3)10-13(4)16-14-8-6-7-11(2)9-14/h6-9,12-13,15H,5,10H2,1-4H3. The number of hydrogen-bond acceptors (Lipinski definition) is 2. The van der Waals surface area contributed by atoms with Crippen LogP contribution in [0.5, 0.6) is 5.75 Å². The summed E-state index contributed by atoms with van der Waals surface area (Å²) < 4.78 is 5.87. The Bertz CT molecular complexity index is 311. The maximum atomic E-state index is 5.87. The fourth-order valence-corrected chi connectivity index (χ4v) is 1.90. The average molecular weight is 221 g/mol. The summed E-state index contributed by atoms with van der Waals surface area (Å²) >= 11 is 0. The Morgan fingerprint density at radius 1 is 1.31 bits per heavy atom. The van der Waals surface area contributed by atoms with Gasteiger partial charge in [0.05, 0.1) is 6.10 Å². The van der Waals surface area contributed by atoms with Crippen molar-refractivity contribution in [2.45, 2.75) is 46.3 Å². The number of benzene rings is 1. The first-order valence-corrected chi connectivity index (χ1v) is 6.08. The van der Waals surface area contributed by atoms with Crippen molar-refractivity contribution in [1.29, 1.82) is 0 Å². The van der Waals surface area contributed by atoms with Gasteiger partial charge >= 0.3 is 0 Å². The van der Waals surface area contributed by atoms with E-state index in [1.165, 1.54) is 5.56 Å². The van der Waals surface area contributed by atoms with Gasteiger partial charge in [0, 0.05) is 6.04 Å². The fourth-order valence-electron chi connectivity index (χ4n) is 1.90.